The third kappa shape index (κ3) is 4.48. The minimum absolute atomic E-state index is 0.0959. The molecule has 0 atom stereocenters. The first-order valence-electron chi connectivity index (χ1n) is 8.11. The van der Waals surface area contributed by atoms with Gasteiger partial charge in [0.05, 0.1) is 6.21 Å². The number of hydrogen-bond donors (Lipinski definition) is 2. The molecule has 0 saturated heterocycles. The summed E-state index contributed by atoms with van der Waals surface area (Å²) >= 11 is 0. The van der Waals surface area contributed by atoms with Crippen LogP contribution in [0.5, 0.6) is 11.5 Å². The van der Waals surface area contributed by atoms with Crippen LogP contribution in [0.1, 0.15) is 5.56 Å². The molecule has 0 radical (unpaired) electrons. The standard InChI is InChI=1S/C21H18N2O3/c24-19-12-6-4-10-17(19)14-22-23-21(25)15-26-20-13-7-5-11-18(20)16-8-2-1-3-9-16/h1-14,24H,15H2,(H,23,25)/b22-14+. The maximum Gasteiger partial charge on any atom is 0.277 e. The van der Waals surface area contributed by atoms with E-state index in [0.717, 1.165) is 11.1 Å². The maximum absolute atomic E-state index is 11.9. The summed E-state index contributed by atoms with van der Waals surface area (Å²) in [5, 5.41) is 13.5. The van der Waals surface area contributed by atoms with Gasteiger partial charge in [0, 0.05) is 11.1 Å². The Morgan fingerprint density at radius 1 is 0.962 bits per heavy atom. The Labute approximate surface area is 151 Å². The second-order valence-electron chi connectivity index (χ2n) is 5.50. The first-order chi connectivity index (χ1) is 12.7. The van der Waals surface area contributed by atoms with Gasteiger partial charge in [0.15, 0.2) is 6.61 Å². The van der Waals surface area contributed by atoms with Gasteiger partial charge in [-0.1, -0.05) is 60.7 Å². The van der Waals surface area contributed by atoms with Gasteiger partial charge in [0.2, 0.25) is 0 Å². The van der Waals surface area contributed by atoms with Gasteiger partial charge in [0.25, 0.3) is 5.91 Å². The highest BCUT2D eigenvalue weighted by Crippen LogP contribution is 2.29. The third-order valence-electron chi connectivity index (χ3n) is 3.66. The van der Waals surface area contributed by atoms with Crippen molar-refractivity contribution in [3.05, 3.63) is 84.4 Å². The Morgan fingerprint density at radius 2 is 1.65 bits per heavy atom. The molecular weight excluding hydrogens is 328 g/mol. The van der Waals surface area contributed by atoms with Crippen molar-refractivity contribution in [1.82, 2.24) is 5.43 Å². The third-order valence-corrected chi connectivity index (χ3v) is 3.66. The summed E-state index contributed by atoms with van der Waals surface area (Å²) < 4.78 is 5.64. The number of carbonyl (C=O) groups is 1. The molecule has 0 aliphatic rings. The number of amides is 1. The Kier molecular flexibility index (Phi) is 5.62. The molecule has 26 heavy (non-hydrogen) atoms. The van der Waals surface area contributed by atoms with Gasteiger partial charge in [-0.05, 0) is 23.8 Å². The predicted molar refractivity (Wildman–Crippen MR) is 101 cm³/mol. The first kappa shape index (κ1) is 17.2. The molecule has 0 saturated carbocycles. The molecule has 0 spiro atoms. The molecule has 0 unspecified atom stereocenters. The van der Waals surface area contributed by atoms with E-state index < -0.39 is 0 Å². The lowest BCUT2D eigenvalue weighted by molar-refractivity contribution is -0.123. The minimum Gasteiger partial charge on any atom is -0.507 e. The lowest BCUT2D eigenvalue weighted by Gasteiger charge is -2.10. The van der Waals surface area contributed by atoms with Crippen LogP contribution in [0.4, 0.5) is 0 Å². The largest absolute Gasteiger partial charge is 0.507 e. The van der Waals surface area contributed by atoms with Gasteiger partial charge in [-0.25, -0.2) is 5.43 Å². The van der Waals surface area contributed by atoms with Gasteiger partial charge >= 0.3 is 0 Å². The van der Waals surface area contributed by atoms with Gasteiger partial charge in [0.1, 0.15) is 11.5 Å². The predicted octanol–water partition coefficient (Wildman–Crippen LogP) is 3.59. The lowest BCUT2D eigenvalue weighted by atomic mass is 10.1. The fourth-order valence-corrected chi connectivity index (χ4v) is 2.39. The highest BCUT2D eigenvalue weighted by Gasteiger charge is 2.07. The van der Waals surface area contributed by atoms with E-state index in [9.17, 15) is 9.90 Å². The van der Waals surface area contributed by atoms with E-state index in [4.69, 9.17) is 4.74 Å². The van der Waals surface area contributed by atoms with Crippen LogP contribution in [0.25, 0.3) is 11.1 Å². The normalized spacial score (nSPS) is 10.6. The van der Waals surface area contributed by atoms with Crippen molar-refractivity contribution in [3.8, 4) is 22.6 Å². The molecule has 3 aromatic carbocycles. The number of carbonyl (C=O) groups excluding carboxylic acids is 1. The quantitative estimate of drug-likeness (QED) is 0.529. The molecule has 1 amide bonds. The molecule has 3 aromatic rings. The average Bonchev–Trinajstić information content (AvgIpc) is 2.69. The van der Waals surface area contributed by atoms with E-state index >= 15 is 0 Å². The molecule has 3 rings (SSSR count). The molecule has 5 nitrogen and oxygen atoms in total. The van der Waals surface area contributed by atoms with Gasteiger partial charge in [-0.3, -0.25) is 4.79 Å². The highest BCUT2D eigenvalue weighted by molar-refractivity contribution is 5.85. The van der Waals surface area contributed by atoms with Gasteiger partial charge in [-0.15, -0.1) is 0 Å². The molecule has 0 fully saturated rings. The number of hydrazone groups is 1. The topological polar surface area (TPSA) is 70.9 Å². The Bertz CT molecular complexity index is 908. The van der Waals surface area contributed by atoms with Crippen LogP contribution in [-0.2, 0) is 4.79 Å². The highest BCUT2D eigenvalue weighted by atomic mass is 16.5. The molecule has 0 bridgehead atoms. The number of benzene rings is 3. The summed E-state index contributed by atoms with van der Waals surface area (Å²) in [6, 6.07) is 24.1. The molecule has 0 aliphatic carbocycles. The van der Waals surface area contributed by atoms with E-state index in [1.165, 1.54) is 6.21 Å². The number of aromatic hydroxyl groups is 1. The number of hydrogen-bond acceptors (Lipinski definition) is 4. The van der Waals surface area contributed by atoms with Crippen molar-refractivity contribution in [2.45, 2.75) is 0 Å². The summed E-state index contributed by atoms with van der Waals surface area (Å²) in [6.07, 6.45) is 1.38. The zero-order valence-electron chi connectivity index (χ0n) is 14.0. The molecule has 0 aromatic heterocycles. The average molecular weight is 346 g/mol. The van der Waals surface area contributed by atoms with Gasteiger partial charge in [-0.2, -0.15) is 5.10 Å². The number of para-hydroxylation sites is 2. The lowest BCUT2D eigenvalue weighted by Crippen LogP contribution is -2.24. The number of nitrogens with zero attached hydrogens (tertiary/aromatic N) is 1. The van der Waals surface area contributed by atoms with Crippen molar-refractivity contribution in [1.29, 1.82) is 0 Å². The first-order valence-corrected chi connectivity index (χ1v) is 8.11. The minimum atomic E-state index is -0.389. The van der Waals surface area contributed by atoms with Crippen LogP contribution in [-0.4, -0.2) is 23.8 Å². The number of rotatable bonds is 6. The number of phenolic OH excluding ortho intramolecular Hbond substituents is 1. The van der Waals surface area contributed by atoms with Crippen LogP contribution < -0.4 is 10.2 Å². The van der Waals surface area contributed by atoms with Gasteiger partial charge < -0.3 is 9.84 Å². The summed E-state index contributed by atoms with van der Waals surface area (Å²) in [5.74, 6) is 0.330. The van der Waals surface area contributed by atoms with E-state index in [1.54, 1.807) is 24.3 Å². The number of nitrogens with one attached hydrogen (secondary N) is 1. The Morgan fingerprint density at radius 3 is 2.46 bits per heavy atom. The molecule has 5 heteroatoms. The number of phenols is 1. The zero-order chi connectivity index (χ0) is 18.2. The zero-order valence-corrected chi connectivity index (χ0v) is 14.0. The summed E-state index contributed by atoms with van der Waals surface area (Å²) in [5.41, 5.74) is 4.83. The molecule has 0 heterocycles. The summed E-state index contributed by atoms with van der Waals surface area (Å²) in [7, 11) is 0. The Hall–Kier alpha value is -3.60. The second kappa shape index (κ2) is 8.48. The fraction of sp³-hybridized carbons (Fsp3) is 0.0476. The smallest absolute Gasteiger partial charge is 0.277 e. The monoisotopic (exact) mass is 346 g/mol. The van der Waals surface area contributed by atoms with Crippen LogP contribution in [0.15, 0.2) is 84.0 Å². The van der Waals surface area contributed by atoms with Crippen molar-refractivity contribution in [2.24, 2.45) is 5.10 Å². The molecular formula is C21H18N2O3. The maximum atomic E-state index is 11.9. The fourth-order valence-electron chi connectivity index (χ4n) is 2.39. The van der Waals surface area contributed by atoms with Crippen molar-refractivity contribution in [2.75, 3.05) is 6.61 Å². The van der Waals surface area contributed by atoms with Crippen LogP contribution >= 0.6 is 0 Å². The second-order valence-corrected chi connectivity index (χ2v) is 5.50. The molecule has 130 valence electrons. The number of ether oxygens (including phenoxy) is 1. The summed E-state index contributed by atoms with van der Waals surface area (Å²) in [6.45, 7) is -0.165. The SMILES string of the molecule is O=C(COc1ccccc1-c1ccccc1)N/N=C/c1ccccc1O. The van der Waals surface area contributed by atoms with Crippen LogP contribution in [0.2, 0.25) is 0 Å². The van der Waals surface area contributed by atoms with Crippen molar-refractivity contribution < 1.29 is 14.6 Å². The van der Waals surface area contributed by atoms with E-state index in [1.807, 2.05) is 54.6 Å². The van der Waals surface area contributed by atoms with E-state index in [0.29, 0.717) is 11.3 Å². The van der Waals surface area contributed by atoms with Crippen molar-refractivity contribution in [3.63, 3.8) is 0 Å². The van der Waals surface area contributed by atoms with Crippen LogP contribution in [0, 0.1) is 0 Å². The molecule has 2 N–H and O–H groups in total. The van der Waals surface area contributed by atoms with E-state index in [-0.39, 0.29) is 18.3 Å². The van der Waals surface area contributed by atoms with Crippen molar-refractivity contribution >= 4 is 12.1 Å². The summed E-state index contributed by atoms with van der Waals surface area (Å²) in [4.78, 5) is 11.9. The van der Waals surface area contributed by atoms with Crippen LogP contribution in [0.3, 0.4) is 0 Å². The Balaban J connectivity index is 1.60. The van der Waals surface area contributed by atoms with E-state index in [2.05, 4.69) is 10.5 Å². The molecule has 0 aliphatic heterocycles.